The number of amides is 1. The van der Waals surface area contributed by atoms with Crippen LogP contribution in [0.5, 0.6) is 0 Å². The number of fused-ring (bicyclic) bond motifs is 1. The SMILES string of the molecule is O=C1Nc2ccccc2C1NC1CCCCCC1. The van der Waals surface area contributed by atoms with E-state index in [0.717, 1.165) is 11.3 Å². The number of para-hydroxylation sites is 1. The van der Waals surface area contributed by atoms with Crippen molar-refractivity contribution in [1.82, 2.24) is 5.32 Å². The van der Waals surface area contributed by atoms with Gasteiger partial charge in [0.05, 0.1) is 0 Å². The Balaban J connectivity index is 1.74. The molecule has 1 aliphatic heterocycles. The molecule has 18 heavy (non-hydrogen) atoms. The van der Waals surface area contributed by atoms with E-state index in [-0.39, 0.29) is 11.9 Å². The number of nitrogens with one attached hydrogen (secondary N) is 2. The highest BCUT2D eigenvalue weighted by molar-refractivity contribution is 6.02. The summed E-state index contributed by atoms with van der Waals surface area (Å²) in [4.78, 5) is 12.0. The van der Waals surface area contributed by atoms with Crippen molar-refractivity contribution in [2.45, 2.75) is 50.6 Å². The van der Waals surface area contributed by atoms with E-state index in [9.17, 15) is 4.79 Å². The fourth-order valence-electron chi connectivity index (χ4n) is 3.06. The quantitative estimate of drug-likeness (QED) is 0.785. The summed E-state index contributed by atoms with van der Waals surface area (Å²) in [6, 6.07) is 8.33. The maximum Gasteiger partial charge on any atom is 0.246 e. The molecule has 0 spiro atoms. The molecule has 0 radical (unpaired) electrons. The molecule has 1 fully saturated rings. The van der Waals surface area contributed by atoms with Gasteiger partial charge in [-0.05, 0) is 18.9 Å². The van der Waals surface area contributed by atoms with Crippen LogP contribution < -0.4 is 10.6 Å². The molecule has 0 bridgehead atoms. The van der Waals surface area contributed by atoms with Gasteiger partial charge in [0.15, 0.2) is 0 Å². The van der Waals surface area contributed by atoms with Gasteiger partial charge in [0.25, 0.3) is 0 Å². The van der Waals surface area contributed by atoms with E-state index in [0.29, 0.717) is 6.04 Å². The van der Waals surface area contributed by atoms with Crippen LogP contribution in [0.1, 0.15) is 50.1 Å². The Morgan fingerprint density at radius 1 is 1.06 bits per heavy atom. The minimum absolute atomic E-state index is 0.0976. The minimum atomic E-state index is -0.149. The average Bonchev–Trinajstić information content (AvgIpc) is 2.57. The van der Waals surface area contributed by atoms with Crippen LogP contribution in [-0.4, -0.2) is 11.9 Å². The van der Waals surface area contributed by atoms with Gasteiger partial charge in [-0.25, -0.2) is 0 Å². The lowest BCUT2D eigenvalue weighted by molar-refractivity contribution is -0.117. The van der Waals surface area contributed by atoms with E-state index in [2.05, 4.69) is 10.6 Å². The molecule has 2 aliphatic rings. The second kappa shape index (κ2) is 5.11. The van der Waals surface area contributed by atoms with Gasteiger partial charge in [0.2, 0.25) is 5.91 Å². The standard InChI is InChI=1S/C15H20N2O/c18-15-14(12-9-5-6-10-13(12)17-15)16-11-7-3-1-2-4-8-11/h5-6,9-11,14,16H,1-4,7-8H2,(H,17,18). The van der Waals surface area contributed by atoms with E-state index in [1.54, 1.807) is 0 Å². The van der Waals surface area contributed by atoms with Crippen molar-refractivity contribution in [3.8, 4) is 0 Å². The van der Waals surface area contributed by atoms with E-state index < -0.39 is 0 Å². The zero-order valence-electron chi connectivity index (χ0n) is 10.6. The first-order valence-electron chi connectivity index (χ1n) is 7.00. The Morgan fingerprint density at radius 3 is 2.56 bits per heavy atom. The summed E-state index contributed by atoms with van der Waals surface area (Å²) < 4.78 is 0. The molecule has 1 aliphatic carbocycles. The van der Waals surface area contributed by atoms with Crippen molar-refractivity contribution in [2.24, 2.45) is 0 Å². The van der Waals surface area contributed by atoms with Gasteiger partial charge < -0.3 is 5.32 Å². The van der Waals surface area contributed by atoms with Gasteiger partial charge >= 0.3 is 0 Å². The Hall–Kier alpha value is -1.35. The summed E-state index contributed by atoms with van der Waals surface area (Å²) in [5.74, 6) is 0.0976. The number of anilines is 1. The minimum Gasteiger partial charge on any atom is -0.324 e. The third-order valence-electron chi connectivity index (χ3n) is 4.05. The first kappa shape index (κ1) is 11.7. The van der Waals surface area contributed by atoms with Crippen LogP contribution >= 0.6 is 0 Å². The lowest BCUT2D eigenvalue weighted by Crippen LogP contribution is -2.36. The molecule has 2 N–H and O–H groups in total. The fraction of sp³-hybridized carbons (Fsp3) is 0.533. The van der Waals surface area contributed by atoms with E-state index in [4.69, 9.17) is 0 Å². The molecule has 3 nitrogen and oxygen atoms in total. The smallest absolute Gasteiger partial charge is 0.246 e. The van der Waals surface area contributed by atoms with Crippen molar-refractivity contribution in [2.75, 3.05) is 5.32 Å². The molecular weight excluding hydrogens is 224 g/mol. The molecule has 1 atom stereocenters. The maximum absolute atomic E-state index is 12.0. The summed E-state index contributed by atoms with van der Waals surface area (Å²) in [6.07, 6.45) is 7.65. The molecule has 1 heterocycles. The Kier molecular flexibility index (Phi) is 3.33. The predicted molar refractivity (Wildman–Crippen MR) is 72.4 cm³/mol. The first-order valence-corrected chi connectivity index (χ1v) is 7.00. The second-order valence-corrected chi connectivity index (χ2v) is 5.36. The summed E-state index contributed by atoms with van der Waals surface area (Å²) in [5, 5.41) is 6.50. The van der Waals surface area contributed by atoms with Gasteiger partial charge in [0, 0.05) is 17.3 Å². The second-order valence-electron chi connectivity index (χ2n) is 5.36. The third kappa shape index (κ3) is 2.27. The average molecular weight is 244 g/mol. The van der Waals surface area contributed by atoms with Gasteiger partial charge in [-0.15, -0.1) is 0 Å². The van der Waals surface area contributed by atoms with Crippen molar-refractivity contribution < 1.29 is 4.79 Å². The summed E-state index contributed by atoms with van der Waals surface area (Å²) in [7, 11) is 0. The van der Waals surface area contributed by atoms with Crippen molar-refractivity contribution in [3.63, 3.8) is 0 Å². The van der Waals surface area contributed by atoms with Crippen LogP contribution in [-0.2, 0) is 4.79 Å². The Labute approximate surface area is 108 Å². The first-order chi connectivity index (χ1) is 8.84. The number of rotatable bonds is 2. The van der Waals surface area contributed by atoms with Crippen LogP contribution in [0.2, 0.25) is 0 Å². The highest BCUT2D eigenvalue weighted by Crippen LogP contribution is 2.31. The molecule has 3 rings (SSSR count). The van der Waals surface area contributed by atoms with Crippen LogP contribution in [0.25, 0.3) is 0 Å². The molecular formula is C15H20N2O. The fourth-order valence-corrected chi connectivity index (χ4v) is 3.06. The number of carbonyl (C=O) groups is 1. The van der Waals surface area contributed by atoms with Crippen molar-refractivity contribution >= 4 is 11.6 Å². The van der Waals surface area contributed by atoms with Gasteiger partial charge in [0.1, 0.15) is 6.04 Å². The van der Waals surface area contributed by atoms with Crippen LogP contribution in [0.4, 0.5) is 5.69 Å². The van der Waals surface area contributed by atoms with E-state index >= 15 is 0 Å². The molecule has 96 valence electrons. The molecule has 1 unspecified atom stereocenters. The van der Waals surface area contributed by atoms with Crippen LogP contribution in [0, 0.1) is 0 Å². The summed E-state index contributed by atoms with van der Waals surface area (Å²) in [6.45, 7) is 0. The monoisotopic (exact) mass is 244 g/mol. The zero-order chi connectivity index (χ0) is 12.4. The maximum atomic E-state index is 12.0. The lowest BCUT2D eigenvalue weighted by atomic mass is 10.0. The van der Waals surface area contributed by atoms with Crippen molar-refractivity contribution in [3.05, 3.63) is 29.8 Å². The Bertz CT molecular complexity index is 436. The number of benzene rings is 1. The topological polar surface area (TPSA) is 41.1 Å². The molecule has 1 aromatic carbocycles. The molecule has 3 heteroatoms. The highest BCUT2D eigenvalue weighted by Gasteiger charge is 2.31. The summed E-state index contributed by atoms with van der Waals surface area (Å²) >= 11 is 0. The van der Waals surface area contributed by atoms with Gasteiger partial charge in [-0.3, -0.25) is 10.1 Å². The van der Waals surface area contributed by atoms with Gasteiger partial charge in [-0.2, -0.15) is 0 Å². The molecule has 0 saturated heterocycles. The molecule has 0 aromatic heterocycles. The lowest BCUT2D eigenvalue weighted by Gasteiger charge is -2.20. The Morgan fingerprint density at radius 2 is 1.78 bits per heavy atom. The van der Waals surface area contributed by atoms with Gasteiger partial charge in [-0.1, -0.05) is 43.9 Å². The highest BCUT2D eigenvalue weighted by atomic mass is 16.2. The number of hydrogen-bond donors (Lipinski definition) is 2. The number of carbonyl (C=O) groups excluding carboxylic acids is 1. The van der Waals surface area contributed by atoms with Crippen LogP contribution in [0.3, 0.4) is 0 Å². The molecule has 1 amide bonds. The van der Waals surface area contributed by atoms with E-state index in [1.165, 1.54) is 38.5 Å². The normalized spacial score (nSPS) is 24.4. The largest absolute Gasteiger partial charge is 0.324 e. The van der Waals surface area contributed by atoms with Crippen LogP contribution in [0.15, 0.2) is 24.3 Å². The molecule has 1 saturated carbocycles. The predicted octanol–water partition coefficient (Wildman–Crippen LogP) is 2.99. The van der Waals surface area contributed by atoms with Crippen molar-refractivity contribution in [1.29, 1.82) is 0 Å². The zero-order valence-corrected chi connectivity index (χ0v) is 10.6. The van der Waals surface area contributed by atoms with E-state index in [1.807, 2.05) is 24.3 Å². The summed E-state index contributed by atoms with van der Waals surface area (Å²) in [5.41, 5.74) is 2.07. The third-order valence-corrected chi connectivity index (χ3v) is 4.05. The number of hydrogen-bond acceptors (Lipinski definition) is 2. The molecule has 1 aromatic rings.